The van der Waals surface area contributed by atoms with Crippen LogP contribution in [-0.2, 0) is 17.1 Å². The molecule has 0 amide bonds. The summed E-state index contributed by atoms with van der Waals surface area (Å²) in [4.78, 5) is 35.3. The first kappa shape index (κ1) is 30.6. The summed E-state index contributed by atoms with van der Waals surface area (Å²) in [5.74, 6) is -8.56. The van der Waals surface area contributed by atoms with E-state index in [1.54, 1.807) is 0 Å². The molecule has 9 rings (SSSR count). The predicted molar refractivity (Wildman–Crippen MR) is 158 cm³/mol. The van der Waals surface area contributed by atoms with Gasteiger partial charge >= 0.3 is 17.1 Å². The minimum atomic E-state index is -1.24. The van der Waals surface area contributed by atoms with Crippen LogP contribution in [0.3, 0.4) is 0 Å². The SMILES string of the molecule is Cc1cc2c(cc1F)-c1nc-2nc2[n-]c(nc3nc(nc4[n-]c(n1)c1cc(F)c(F)cc41)-c1cc(F)c(F)cc1-3)c1cc(F)c(F)cc21.[Cu+2]. The Morgan fingerprint density at radius 1 is 0.367 bits per heavy atom. The van der Waals surface area contributed by atoms with E-state index in [0.29, 0.717) is 5.56 Å². The van der Waals surface area contributed by atoms with Gasteiger partial charge in [0.2, 0.25) is 0 Å². The Morgan fingerprint density at radius 2 is 0.633 bits per heavy atom. The molecule has 4 aromatic carbocycles. The number of fused-ring (bicyclic) bond motifs is 20. The van der Waals surface area contributed by atoms with Crippen LogP contribution >= 0.6 is 0 Å². The first-order valence-electron chi connectivity index (χ1n) is 14.0. The number of aromatic nitrogens is 8. The number of hydrogen-bond acceptors (Lipinski definition) is 6. The molecule has 0 unspecified atom stereocenters. The standard InChI is InChI=1S/C33H11F7N8.Cu/c1-10-2-11-12(3-19(10)34)27-41-26(11)42-28-13-4-20(35)21(36)5-14(13)30(44-28)46-32-17-8-24(39)25(40)9-18(17)33(48-32)47-31-16-7-23(38)22(37)6-15(16)29(43-27)45-31;/h2-9H,1H3;/q-2;+2. The number of hydrogen-bond donors (Lipinski definition) is 0. The van der Waals surface area contributed by atoms with Crippen molar-refractivity contribution >= 4 is 44.1 Å². The van der Waals surface area contributed by atoms with Crippen LogP contribution in [0.2, 0.25) is 0 Å². The molecule has 0 atom stereocenters. The fourth-order valence-electron chi connectivity index (χ4n) is 5.77. The van der Waals surface area contributed by atoms with E-state index in [-0.39, 0.29) is 107 Å². The summed E-state index contributed by atoms with van der Waals surface area (Å²) < 4.78 is 102. The monoisotopic (exact) mass is 715 g/mol. The Labute approximate surface area is 278 Å². The molecule has 243 valence electrons. The van der Waals surface area contributed by atoms with Gasteiger partial charge in [-0.1, -0.05) is 0 Å². The number of aryl methyl sites for hydroxylation is 1. The Hall–Kier alpha value is -5.73. The molecule has 2 aliphatic heterocycles. The first-order valence-corrected chi connectivity index (χ1v) is 14.0. The van der Waals surface area contributed by atoms with Crippen molar-refractivity contribution in [3.63, 3.8) is 0 Å². The Bertz CT molecular complexity index is 2430. The van der Waals surface area contributed by atoms with Crippen molar-refractivity contribution in [3.05, 3.63) is 94.8 Å². The van der Waals surface area contributed by atoms with Gasteiger partial charge < -0.3 is 29.9 Å². The van der Waals surface area contributed by atoms with E-state index in [2.05, 4.69) is 39.9 Å². The second-order valence-corrected chi connectivity index (χ2v) is 11.1. The van der Waals surface area contributed by atoms with Gasteiger partial charge in [-0.25, -0.2) is 40.7 Å². The van der Waals surface area contributed by atoms with Gasteiger partial charge in [-0.3, -0.25) is 0 Å². The zero-order valence-corrected chi connectivity index (χ0v) is 25.1. The molecule has 1 radical (unpaired) electrons. The van der Waals surface area contributed by atoms with Crippen LogP contribution in [0, 0.1) is 47.6 Å². The Morgan fingerprint density at radius 3 is 0.959 bits per heavy atom. The molecule has 8 nitrogen and oxygen atoms in total. The molecule has 2 aliphatic rings. The van der Waals surface area contributed by atoms with Gasteiger partial charge in [0, 0.05) is 44.8 Å². The Kier molecular flexibility index (Phi) is 6.64. The molecule has 0 aliphatic carbocycles. The molecule has 0 saturated carbocycles. The molecule has 0 N–H and O–H groups in total. The smallest absolute Gasteiger partial charge is 0.357 e. The zero-order valence-electron chi connectivity index (χ0n) is 24.1. The van der Waals surface area contributed by atoms with E-state index in [0.717, 1.165) is 36.4 Å². The van der Waals surface area contributed by atoms with E-state index >= 15 is 0 Å². The fourth-order valence-corrected chi connectivity index (χ4v) is 5.77. The summed E-state index contributed by atoms with van der Waals surface area (Å²) in [6, 6.07) is 7.70. The van der Waals surface area contributed by atoms with Crippen molar-refractivity contribution in [2.45, 2.75) is 6.92 Å². The summed E-state index contributed by atoms with van der Waals surface area (Å²) in [6.45, 7) is 1.51. The Balaban J connectivity index is 0.00000348. The van der Waals surface area contributed by atoms with Crippen molar-refractivity contribution in [3.8, 4) is 45.6 Å². The molecule has 0 saturated heterocycles. The third-order valence-corrected chi connectivity index (χ3v) is 8.10. The summed E-state index contributed by atoms with van der Waals surface area (Å²) in [6.07, 6.45) is 0. The second-order valence-electron chi connectivity index (χ2n) is 11.1. The minimum absolute atomic E-state index is 0. The molecule has 0 spiro atoms. The maximum Gasteiger partial charge on any atom is 2.00 e. The third-order valence-electron chi connectivity index (χ3n) is 8.10. The molecule has 49 heavy (non-hydrogen) atoms. The van der Waals surface area contributed by atoms with Crippen molar-refractivity contribution < 1.29 is 47.8 Å². The molecule has 16 heteroatoms. The first-order chi connectivity index (χ1) is 23.0. The maximum absolute atomic E-state index is 14.9. The molecular weight excluding hydrogens is 705 g/mol. The van der Waals surface area contributed by atoms with Crippen LogP contribution in [-0.4, -0.2) is 29.9 Å². The quantitative estimate of drug-likeness (QED) is 0.118. The van der Waals surface area contributed by atoms with E-state index in [1.165, 1.54) is 19.1 Å². The average Bonchev–Trinajstić information content (AvgIpc) is 3.74. The molecule has 5 heterocycles. The summed E-state index contributed by atoms with van der Waals surface area (Å²) in [5, 5.41) is 0.0152. The largest absolute Gasteiger partial charge is 2.00 e. The summed E-state index contributed by atoms with van der Waals surface area (Å²) in [7, 11) is 0. The van der Waals surface area contributed by atoms with Crippen LogP contribution in [0.1, 0.15) is 5.56 Å². The van der Waals surface area contributed by atoms with Gasteiger partial charge in [0.1, 0.15) is 5.82 Å². The maximum atomic E-state index is 14.9. The zero-order chi connectivity index (χ0) is 33.2. The van der Waals surface area contributed by atoms with Gasteiger partial charge in [-0.15, -0.1) is 0 Å². The van der Waals surface area contributed by atoms with Crippen LogP contribution in [0.4, 0.5) is 30.7 Å². The van der Waals surface area contributed by atoms with Gasteiger partial charge in [0.25, 0.3) is 0 Å². The van der Waals surface area contributed by atoms with Crippen molar-refractivity contribution in [1.82, 2.24) is 39.9 Å². The van der Waals surface area contributed by atoms with Gasteiger partial charge in [0.15, 0.2) is 34.9 Å². The third kappa shape index (κ3) is 4.59. The number of nitrogens with zero attached hydrogens (tertiary/aromatic N) is 8. The summed E-state index contributed by atoms with van der Waals surface area (Å²) in [5.41, 5.74) is -0.122. The summed E-state index contributed by atoms with van der Waals surface area (Å²) >= 11 is 0. The fraction of sp³-hybridized carbons (Fsp3) is 0.0303. The van der Waals surface area contributed by atoms with E-state index in [9.17, 15) is 30.7 Å². The van der Waals surface area contributed by atoms with Crippen LogP contribution < -0.4 is 9.97 Å². The van der Waals surface area contributed by atoms with Crippen molar-refractivity contribution in [1.29, 1.82) is 0 Å². The molecular formula is C33H11CuF7N8. The van der Waals surface area contributed by atoms with E-state index < -0.39 is 40.7 Å². The van der Waals surface area contributed by atoms with Crippen LogP contribution in [0.25, 0.3) is 89.7 Å². The predicted octanol–water partition coefficient (Wildman–Crippen LogP) is 7.41. The van der Waals surface area contributed by atoms with Crippen LogP contribution in [0.5, 0.6) is 0 Å². The van der Waals surface area contributed by atoms with Gasteiger partial charge in [-0.05, 0) is 82.6 Å². The number of halogens is 7. The molecule has 7 aromatic rings. The van der Waals surface area contributed by atoms with Crippen molar-refractivity contribution in [2.24, 2.45) is 0 Å². The van der Waals surface area contributed by atoms with E-state index in [4.69, 9.17) is 0 Å². The topological polar surface area (TPSA) is 106 Å². The molecule has 3 aromatic heterocycles. The van der Waals surface area contributed by atoms with Crippen LogP contribution in [0.15, 0.2) is 48.5 Å². The van der Waals surface area contributed by atoms with Crippen molar-refractivity contribution in [2.75, 3.05) is 0 Å². The average molecular weight is 716 g/mol. The minimum Gasteiger partial charge on any atom is -0.357 e. The van der Waals surface area contributed by atoms with E-state index in [1.807, 2.05) is 0 Å². The second kappa shape index (κ2) is 10.6. The molecule has 0 fully saturated rings. The normalized spacial score (nSPS) is 11.9. The van der Waals surface area contributed by atoms with Gasteiger partial charge in [-0.2, -0.15) is 0 Å². The number of rotatable bonds is 0. The van der Waals surface area contributed by atoms with Gasteiger partial charge in [0.05, 0.1) is 23.3 Å². The molecule has 8 bridgehead atoms. The number of benzene rings is 4.